The van der Waals surface area contributed by atoms with Gasteiger partial charge in [-0.05, 0) is 32.2 Å². The molecule has 0 radical (unpaired) electrons. The minimum Gasteiger partial charge on any atom is -0.309 e. The van der Waals surface area contributed by atoms with Crippen LogP contribution in [0.1, 0.15) is 53.8 Å². The molecule has 1 aromatic heterocycles. The summed E-state index contributed by atoms with van der Waals surface area (Å²) in [6.45, 7) is 9.53. The number of hydrogen-bond acceptors (Lipinski definition) is 5. The van der Waals surface area contributed by atoms with Gasteiger partial charge in [-0.2, -0.15) is 0 Å². The molecule has 1 aliphatic carbocycles. The van der Waals surface area contributed by atoms with Crippen LogP contribution < -0.4 is 5.32 Å². The van der Waals surface area contributed by atoms with E-state index in [0.717, 1.165) is 6.54 Å². The van der Waals surface area contributed by atoms with E-state index in [1.165, 1.54) is 69.1 Å². The van der Waals surface area contributed by atoms with Crippen LogP contribution in [-0.2, 0) is 6.42 Å². The van der Waals surface area contributed by atoms with Gasteiger partial charge in [0.2, 0.25) is 0 Å². The fourth-order valence-corrected chi connectivity index (χ4v) is 5.30. The number of rotatable bonds is 4. The van der Waals surface area contributed by atoms with Crippen molar-refractivity contribution in [3.05, 3.63) is 15.6 Å². The van der Waals surface area contributed by atoms with E-state index < -0.39 is 0 Å². The van der Waals surface area contributed by atoms with E-state index >= 15 is 0 Å². The summed E-state index contributed by atoms with van der Waals surface area (Å²) in [5.41, 5.74) is 1.40. The quantitative estimate of drug-likeness (QED) is 0.924. The average Bonchev–Trinajstić information content (AvgIpc) is 2.98. The zero-order valence-corrected chi connectivity index (χ0v) is 13.8. The number of hydrogen-bond donors (Lipinski definition) is 1. The monoisotopic (exact) mass is 306 g/mol. The highest BCUT2D eigenvalue weighted by Crippen LogP contribution is 2.39. The molecular weight excluding hydrogens is 280 g/mol. The zero-order valence-electron chi connectivity index (χ0n) is 13.0. The van der Waals surface area contributed by atoms with Gasteiger partial charge in [-0.3, -0.25) is 9.80 Å². The third kappa shape index (κ3) is 2.65. The van der Waals surface area contributed by atoms with Gasteiger partial charge in [0.25, 0.3) is 0 Å². The maximum Gasteiger partial charge on any atom is 0.112 e. The molecule has 21 heavy (non-hydrogen) atoms. The molecule has 0 saturated carbocycles. The molecule has 4 aliphatic rings. The lowest BCUT2D eigenvalue weighted by atomic mass is 9.98. The molecule has 0 amide bonds. The van der Waals surface area contributed by atoms with Crippen LogP contribution in [0.2, 0.25) is 0 Å². The summed E-state index contributed by atoms with van der Waals surface area (Å²) in [6, 6.07) is 1.13. The molecule has 2 unspecified atom stereocenters. The fourth-order valence-electron chi connectivity index (χ4n) is 3.95. The number of fused-ring (bicyclic) bond motifs is 4. The van der Waals surface area contributed by atoms with Crippen molar-refractivity contribution in [2.45, 2.75) is 44.7 Å². The van der Waals surface area contributed by atoms with Crippen molar-refractivity contribution in [2.75, 3.05) is 39.3 Å². The fraction of sp³-hybridized carbons (Fsp3) is 0.812. The second kappa shape index (κ2) is 5.95. The first kappa shape index (κ1) is 14.1. The highest BCUT2D eigenvalue weighted by molar-refractivity contribution is 7.12. The first-order valence-electron chi connectivity index (χ1n) is 8.54. The lowest BCUT2D eigenvalue weighted by molar-refractivity contribution is 0.0122. The smallest absolute Gasteiger partial charge is 0.112 e. The van der Waals surface area contributed by atoms with Gasteiger partial charge in [0.05, 0.1) is 11.7 Å². The summed E-state index contributed by atoms with van der Waals surface area (Å²) < 4.78 is 0. The summed E-state index contributed by atoms with van der Waals surface area (Å²) in [5, 5.41) is 5.11. The molecule has 3 aliphatic heterocycles. The molecular formula is C16H26N4S. The van der Waals surface area contributed by atoms with Crippen molar-refractivity contribution in [1.82, 2.24) is 20.1 Å². The Morgan fingerprint density at radius 1 is 1.29 bits per heavy atom. The van der Waals surface area contributed by atoms with Crippen LogP contribution in [-0.4, -0.2) is 54.1 Å². The molecule has 2 bridgehead atoms. The van der Waals surface area contributed by atoms with Crippen LogP contribution in [0.3, 0.4) is 0 Å². The SMILES string of the molecule is CCCNC1CCCc2nc(C3CN4CCN3CC4)sc21. The molecule has 1 N–H and O–H groups in total. The molecule has 116 valence electrons. The van der Waals surface area contributed by atoms with Crippen molar-refractivity contribution in [1.29, 1.82) is 0 Å². The van der Waals surface area contributed by atoms with Gasteiger partial charge in [0.15, 0.2) is 0 Å². The second-order valence-corrected chi connectivity index (χ2v) is 7.68. The number of nitrogens with zero attached hydrogens (tertiary/aromatic N) is 3. The molecule has 3 fully saturated rings. The number of nitrogens with one attached hydrogen (secondary N) is 1. The van der Waals surface area contributed by atoms with Crippen molar-refractivity contribution in [3.63, 3.8) is 0 Å². The Bertz CT molecular complexity index is 492. The van der Waals surface area contributed by atoms with Gasteiger partial charge in [0.1, 0.15) is 5.01 Å². The minimum absolute atomic E-state index is 0.565. The normalized spacial score (nSPS) is 34.9. The van der Waals surface area contributed by atoms with Crippen LogP contribution in [0.5, 0.6) is 0 Å². The standard InChI is InChI=1S/C16H26N4S/c1-2-6-17-12-4-3-5-13-15(12)21-16(18-13)14-11-19-7-9-20(14)10-8-19/h12,14,17H,2-11H2,1H3. The maximum absolute atomic E-state index is 5.06. The molecule has 1 aromatic rings. The number of aromatic nitrogens is 1. The predicted octanol–water partition coefficient (Wildman–Crippen LogP) is 2.19. The summed E-state index contributed by atoms with van der Waals surface area (Å²) in [5.74, 6) is 0. The third-order valence-corrected chi connectivity index (χ3v) is 6.48. The Kier molecular flexibility index (Phi) is 4.00. The minimum atomic E-state index is 0.565. The van der Waals surface area contributed by atoms with Crippen LogP contribution >= 0.6 is 11.3 Å². The number of piperazine rings is 3. The van der Waals surface area contributed by atoms with Crippen LogP contribution in [0, 0.1) is 0 Å². The van der Waals surface area contributed by atoms with E-state index in [2.05, 4.69) is 22.0 Å². The van der Waals surface area contributed by atoms with Crippen molar-refractivity contribution in [2.24, 2.45) is 0 Å². The zero-order chi connectivity index (χ0) is 14.2. The second-order valence-electron chi connectivity index (χ2n) is 6.61. The highest BCUT2D eigenvalue weighted by atomic mass is 32.1. The van der Waals surface area contributed by atoms with Crippen LogP contribution in [0.25, 0.3) is 0 Å². The molecule has 2 atom stereocenters. The lowest BCUT2D eigenvalue weighted by Gasteiger charge is -2.46. The van der Waals surface area contributed by atoms with Crippen molar-refractivity contribution >= 4 is 11.3 Å². The molecule has 0 aromatic carbocycles. The Hall–Kier alpha value is -0.490. The van der Waals surface area contributed by atoms with E-state index in [1.807, 2.05) is 11.3 Å². The van der Waals surface area contributed by atoms with Gasteiger partial charge in [0, 0.05) is 43.6 Å². The van der Waals surface area contributed by atoms with Gasteiger partial charge in [-0.25, -0.2) is 4.98 Å². The predicted molar refractivity (Wildman–Crippen MR) is 86.8 cm³/mol. The van der Waals surface area contributed by atoms with Crippen molar-refractivity contribution in [3.8, 4) is 0 Å². The number of thiazole rings is 1. The third-order valence-electron chi connectivity index (χ3n) is 5.17. The highest BCUT2D eigenvalue weighted by Gasteiger charge is 2.36. The van der Waals surface area contributed by atoms with E-state index in [1.54, 1.807) is 4.88 Å². The summed E-state index contributed by atoms with van der Waals surface area (Å²) >= 11 is 2.00. The first-order chi connectivity index (χ1) is 10.3. The van der Waals surface area contributed by atoms with Gasteiger partial charge < -0.3 is 5.32 Å². The van der Waals surface area contributed by atoms with Gasteiger partial charge >= 0.3 is 0 Å². The van der Waals surface area contributed by atoms with Gasteiger partial charge in [-0.15, -0.1) is 11.3 Å². The van der Waals surface area contributed by atoms with E-state index in [9.17, 15) is 0 Å². The average molecular weight is 306 g/mol. The Morgan fingerprint density at radius 3 is 2.86 bits per heavy atom. The van der Waals surface area contributed by atoms with Gasteiger partial charge in [-0.1, -0.05) is 6.92 Å². The molecule has 0 spiro atoms. The largest absolute Gasteiger partial charge is 0.309 e. The van der Waals surface area contributed by atoms with E-state index in [-0.39, 0.29) is 0 Å². The summed E-state index contributed by atoms with van der Waals surface area (Å²) in [6.07, 6.45) is 4.97. The Morgan fingerprint density at radius 2 is 2.14 bits per heavy atom. The number of aryl methyl sites for hydroxylation is 1. The maximum atomic E-state index is 5.06. The van der Waals surface area contributed by atoms with Crippen LogP contribution in [0.4, 0.5) is 0 Å². The Balaban J connectivity index is 1.56. The lowest BCUT2D eigenvalue weighted by Crippen LogP contribution is -2.56. The molecule has 3 saturated heterocycles. The van der Waals surface area contributed by atoms with Crippen LogP contribution in [0.15, 0.2) is 0 Å². The van der Waals surface area contributed by atoms with E-state index in [4.69, 9.17) is 4.98 Å². The Labute approximate surface area is 131 Å². The first-order valence-corrected chi connectivity index (χ1v) is 9.36. The van der Waals surface area contributed by atoms with E-state index in [0.29, 0.717) is 12.1 Å². The molecule has 5 rings (SSSR count). The summed E-state index contributed by atoms with van der Waals surface area (Å²) in [4.78, 5) is 11.9. The summed E-state index contributed by atoms with van der Waals surface area (Å²) in [7, 11) is 0. The molecule has 5 heteroatoms. The molecule has 4 nitrogen and oxygen atoms in total. The molecule has 4 heterocycles. The topological polar surface area (TPSA) is 31.4 Å². The van der Waals surface area contributed by atoms with Crippen molar-refractivity contribution < 1.29 is 0 Å².